The number of sulfonamides is 1. The molecule has 1 aromatic rings. The van der Waals surface area contributed by atoms with Crippen molar-refractivity contribution in [3.63, 3.8) is 0 Å². The smallest absolute Gasteiger partial charge is 0.321 e. The topological polar surface area (TPSA) is 79.5 Å². The predicted octanol–water partition coefficient (Wildman–Crippen LogP) is 0.731. The van der Waals surface area contributed by atoms with Crippen LogP contribution in [0.1, 0.15) is 19.8 Å². The van der Waals surface area contributed by atoms with Crippen LogP contribution in [0, 0.1) is 0 Å². The average molecular weight is 272 g/mol. The van der Waals surface area contributed by atoms with E-state index < -0.39 is 16.0 Å². The van der Waals surface area contributed by atoms with Crippen LogP contribution in [-0.4, -0.2) is 42.9 Å². The Morgan fingerprint density at radius 1 is 1.56 bits per heavy atom. The molecule has 0 atom stereocenters. The number of aromatic nitrogens is 1. The number of hydrogen-bond acceptors (Lipinski definition) is 4. The van der Waals surface area contributed by atoms with Crippen LogP contribution in [0.25, 0.3) is 0 Å². The number of hydrogen-bond donors (Lipinski definition) is 1. The van der Waals surface area contributed by atoms with Gasteiger partial charge in [-0.1, -0.05) is 0 Å². The molecule has 0 aliphatic heterocycles. The molecule has 0 spiro atoms. The van der Waals surface area contributed by atoms with Crippen LogP contribution < -0.4 is 0 Å². The first-order valence-electron chi connectivity index (χ1n) is 5.86. The molecule has 1 aromatic heterocycles. The van der Waals surface area contributed by atoms with E-state index in [1.165, 1.54) is 16.6 Å². The lowest BCUT2D eigenvalue weighted by Gasteiger charge is -2.19. The summed E-state index contributed by atoms with van der Waals surface area (Å²) in [6.07, 6.45) is 4.55. The van der Waals surface area contributed by atoms with Crippen molar-refractivity contribution in [2.45, 2.75) is 30.7 Å². The molecular formula is C11H16N2O4S. The Labute approximate surface area is 106 Å². The van der Waals surface area contributed by atoms with Crippen LogP contribution in [-0.2, 0) is 19.6 Å². The second-order valence-corrected chi connectivity index (χ2v) is 6.02. The molecule has 1 aliphatic rings. The zero-order chi connectivity index (χ0) is 13.2. The highest BCUT2D eigenvalue weighted by Gasteiger charge is 2.39. The van der Waals surface area contributed by atoms with Gasteiger partial charge in [0.05, 0.1) is 11.5 Å². The second kappa shape index (κ2) is 5.11. The fourth-order valence-corrected chi connectivity index (χ4v) is 3.32. The van der Waals surface area contributed by atoms with E-state index in [0.717, 1.165) is 12.8 Å². The fourth-order valence-electron chi connectivity index (χ4n) is 1.71. The van der Waals surface area contributed by atoms with E-state index in [4.69, 9.17) is 4.74 Å². The molecule has 0 radical (unpaired) electrons. The lowest BCUT2D eigenvalue weighted by molar-refractivity contribution is -0.143. The standard InChI is InChI=1S/C11H16N2O4S/c1-2-17-11(14)8-13(9-3-4-9)18(15,16)10-5-6-12-7-10/h5-7,9,12H,2-4,8H2,1H3. The Bertz CT molecular complexity index is 505. The molecule has 2 rings (SSSR count). The summed E-state index contributed by atoms with van der Waals surface area (Å²) in [6.45, 7) is 1.73. The number of H-pyrrole nitrogens is 1. The van der Waals surface area contributed by atoms with Gasteiger partial charge in [-0.3, -0.25) is 4.79 Å². The van der Waals surface area contributed by atoms with Crippen molar-refractivity contribution in [1.29, 1.82) is 0 Å². The van der Waals surface area contributed by atoms with Gasteiger partial charge in [0.25, 0.3) is 0 Å². The first-order chi connectivity index (χ1) is 8.55. The molecule has 7 heteroatoms. The summed E-state index contributed by atoms with van der Waals surface area (Å²) >= 11 is 0. The number of carbonyl (C=O) groups excluding carboxylic acids is 1. The van der Waals surface area contributed by atoms with Gasteiger partial charge in [0, 0.05) is 18.4 Å². The molecule has 6 nitrogen and oxygen atoms in total. The van der Waals surface area contributed by atoms with Crippen LogP contribution in [0.5, 0.6) is 0 Å². The Morgan fingerprint density at radius 2 is 2.28 bits per heavy atom. The SMILES string of the molecule is CCOC(=O)CN(C1CC1)S(=O)(=O)c1cc[nH]c1. The van der Waals surface area contributed by atoms with E-state index in [9.17, 15) is 13.2 Å². The van der Waals surface area contributed by atoms with Crippen molar-refractivity contribution in [1.82, 2.24) is 9.29 Å². The molecule has 1 fully saturated rings. The zero-order valence-electron chi connectivity index (χ0n) is 10.1. The van der Waals surface area contributed by atoms with Crippen molar-refractivity contribution in [3.8, 4) is 0 Å². The summed E-state index contributed by atoms with van der Waals surface area (Å²) in [5, 5.41) is 0. The van der Waals surface area contributed by atoms with Gasteiger partial charge < -0.3 is 9.72 Å². The number of ether oxygens (including phenoxy) is 1. The number of nitrogens with one attached hydrogen (secondary N) is 1. The van der Waals surface area contributed by atoms with Crippen LogP contribution in [0.3, 0.4) is 0 Å². The summed E-state index contributed by atoms with van der Waals surface area (Å²) in [5.74, 6) is -0.511. The fraction of sp³-hybridized carbons (Fsp3) is 0.545. The van der Waals surface area contributed by atoms with Crippen LogP contribution in [0.15, 0.2) is 23.4 Å². The summed E-state index contributed by atoms with van der Waals surface area (Å²) in [4.78, 5) is 14.4. The van der Waals surface area contributed by atoms with E-state index in [-0.39, 0.29) is 24.1 Å². The molecule has 100 valence electrons. The summed E-state index contributed by atoms with van der Waals surface area (Å²) in [7, 11) is -3.61. The lowest BCUT2D eigenvalue weighted by atomic mass is 10.6. The van der Waals surface area contributed by atoms with E-state index >= 15 is 0 Å². The highest BCUT2D eigenvalue weighted by atomic mass is 32.2. The van der Waals surface area contributed by atoms with Gasteiger partial charge in [-0.25, -0.2) is 8.42 Å². The highest BCUT2D eigenvalue weighted by Crippen LogP contribution is 2.31. The average Bonchev–Trinajstić information content (AvgIpc) is 2.98. The Morgan fingerprint density at radius 3 is 2.78 bits per heavy atom. The molecule has 0 amide bonds. The third-order valence-corrected chi connectivity index (χ3v) is 4.61. The quantitative estimate of drug-likeness (QED) is 0.774. The highest BCUT2D eigenvalue weighted by molar-refractivity contribution is 7.89. The Hall–Kier alpha value is -1.34. The summed E-state index contributed by atoms with van der Waals surface area (Å²) in [5.41, 5.74) is 0. The van der Waals surface area contributed by atoms with Gasteiger partial charge >= 0.3 is 5.97 Å². The minimum Gasteiger partial charge on any atom is -0.465 e. The Kier molecular flexibility index (Phi) is 3.72. The zero-order valence-corrected chi connectivity index (χ0v) is 10.9. The van der Waals surface area contributed by atoms with Gasteiger partial charge in [0.1, 0.15) is 6.54 Å². The molecule has 0 unspecified atom stereocenters. The first kappa shape index (κ1) is 13.1. The van der Waals surface area contributed by atoms with Crippen molar-refractivity contribution >= 4 is 16.0 Å². The molecule has 0 bridgehead atoms. The minimum absolute atomic E-state index is 0.0747. The summed E-state index contributed by atoms with van der Waals surface area (Å²) in [6, 6.07) is 1.41. The third kappa shape index (κ3) is 2.73. The molecule has 1 heterocycles. The number of rotatable bonds is 6. The molecule has 18 heavy (non-hydrogen) atoms. The molecule has 0 saturated heterocycles. The normalized spacial score (nSPS) is 15.9. The van der Waals surface area contributed by atoms with Crippen molar-refractivity contribution in [2.75, 3.05) is 13.2 Å². The maximum absolute atomic E-state index is 12.3. The third-order valence-electron chi connectivity index (χ3n) is 2.72. The second-order valence-electron chi connectivity index (χ2n) is 4.13. The molecule has 1 N–H and O–H groups in total. The molecule has 1 saturated carbocycles. The van der Waals surface area contributed by atoms with Gasteiger partial charge in [-0.2, -0.15) is 4.31 Å². The van der Waals surface area contributed by atoms with Crippen LogP contribution >= 0.6 is 0 Å². The van der Waals surface area contributed by atoms with E-state index in [1.54, 1.807) is 13.1 Å². The van der Waals surface area contributed by atoms with Crippen LogP contribution in [0.2, 0.25) is 0 Å². The number of carbonyl (C=O) groups is 1. The minimum atomic E-state index is -3.61. The van der Waals surface area contributed by atoms with E-state index in [1.807, 2.05) is 0 Å². The lowest BCUT2D eigenvalue weighted by Crippen LogP contribution is -2.38. The molecule has 1 aliphatic carbocycles. The maximum atomic E-state index is 12.3. The maximum Gasteiger partial charge on any atom is 0.321 e. The van der Waals surface area contributed by atoms with E-state index in [0.29, 0.717) is 0 Å². The predicted molar refractivity (Wildman–Crippen MR) is 64.3 cm³/mol. The molecular weight excluding hydrogens is 256 g/mol. The largest absolute Gasteiger partial charge is 0.465 e. The number of nitrogens with zero attached hydrogens (tertiary/aromatic N) is 1. The van der Waals surface area contributed by atoms with Crippen molar-refractivity contribution in [2.24, 2.45) is 0 Å². The number of aromatic amines is 1. The van der Waals surface area contributed by atoms with Gasteiger partial charge in [-0.15, -0.1) is 0 Å². The number of esters is 1. The van der Waals surface area contributed by atoms with Gasteiger partial charge in [0.2, 0.25) is 10.0 Å². The van der Waals surface area contributed by atoms with Crippen molar-refractivity contribution < 1.29 is 17.9 Å². The monoisotopic (exact) mass is 272 g/mol. The first-order valence-corrected chi connectivity index (χ1v) is 7.30. The van der Waals surface area contributed by atoms with Crippen LogP contribution in [0.4, 0.5) is 0 Å². The van der Waals surface area contributed by atoms with Crippen molar-refractivity contribution in [3.05, 3.63) is 18.5 Å². The Balaban J connectivity index is 2.18. The van der Waals surface area contributed by atoms with E-state index in [2.05, 4.69) is 4.98 Å². The van der Waals surface area contributed by atoms with Gasteiger partial charge in [0.15, 0.2) is 0 Å². The van der Waals surface area contributed by atoms with Gasteiger partial charge in [-0.05, 0) is 25.8 Å². The summed E-state index contributed by atoms with van der Waals surface area (Å²) < 4.78 is 30.7. The molecule has 0 aromatic carbocycles.